The van der Waals surface area contributed by atoms with Gasteiger partial charge in [0.25, 0.3) is 5.56 Å². The number of anilines is 2. The standard InChI is InChI=1S/C22H25ClN6O3S/c1-13(2)25-20(31)14-4-3-9-28(10-14)22-27-19-18(33-22)21(32)29(12-24-19)11-17(30)26-16-7-5-15(23)6-8-16/h5-8,12-14H,3-4,9-11H2,1-2H3,(H,25,31)(H,26,30). The third-order valence-corrected chi connectivity index (χ3v) is 6.65. The predicted octanol–water partition coefficient (Wildman–Crippen LogP) is 2.89. The molecule has 11 heteroatoms. The van der Waals surface area contributed by atoms with Gasteiger partial charge in [-0.05, 0) is 51.0 Å². The third kappa shape index (κ3) is 5.51. The number of hydrogen-bond acceptors (Lipinski definition) is 7. The van der Waals surface area contributed by atoms with E-state index >= 15 is 0 Å². The minimum atomic E-state index is -0.347. The molecule has 2 aromatic heterocycles. The zero-order valence-corrected chi connectivity index (χ0v) is 19.9. The van der Waals surface area contributed by atoms with E-state index in [2.05, 4.69) is 20.6 Å². The molecule has 0 saturated carbocycles. The van der Waals surface area contributed by atoms with Crippen LogP contribution in [0.25, 0.3) is 10.3 Å². The second-order valence-electron chi connectivity index (χ2n) is 8.33. The Kier molecular flexibility index (Phi) is 6.94. The minimum absolute atomic E-state index is 0.0444. The van der Waals surface area contributed by atoms with E-state index in [-0.39, 0.29) is 35.9 Å². The number of nitrogens with zero attached hydrogens (tertiary/aromatic N) is 4. The molecular weight excluding hydrogens is 464 g/mol. The van der Waals surface area contributed by atoms with Crippen LogP contribution in [-0.4, -0.2) is 45.5 Å². The molecule has 4 rings (SSSR count). The highest BCUT2D eigenvalue weighted by Crippen LogP contribution is 2.29. The summed E-state index contributed by atoms with van der Waals surface area (Å²) in [5.74, 6) is -0.419. The molecule has 2 amide bonds. The van der Waals surface area contributed by atoms with Crippen LogP contribution < -0.4 is 21.1 Å². The van der Waals surface area contributed by atoms with Crippen LogP contribution in [0.15, 0.2) is 35.4 Å². The average molecular weight is 489 g/mol. The summed E-state index contributed by atoms with van der Waals surface area (Å²) in [4.78, 5) is 48.6. The zero-order valence-electron chi connectivity index (χ0n) is 18.4. The lowest BCUT2D eigenvalue weighted by molar-refractivity contribution is -0.125. The first-order valence-electron chi connectivity index (χ1n) is 10.8. The van der Waals surface area contributed by atoms with Gasteiger partial charge in [0.15, 0.2) is 10.8 Å². The molecule has 1 atom stereocenters. The van der Waals surface area contributed by atoms with Crippen LogP contribution in [0.1, 0.15) is 26.7 Å². The second-order valence-corrected chi connectivity index (χ2v) is 9.74. The highest BCUT2D eigenvalue weighted by atomic mass is 35.5. The number of carbonyl (C=O) groups excluding carboxylic acids is 2. The van der Waals surface area contributed by atoms with E-state index < -0.39 is 0 Å². The summed E-state index contributed by atoms with van der Waals surface area (Å²) in [5.41, 5.74) is 0.622. The van der Waals surface area contributed by atoms with Crippen molar-refractivity contribution in [2.75, 3.05) is 23.3 Å². The first-order valence-corrected chi connectivity index (χ1v) is 12.0. The van der Waals surface area contributed by atoms with Crippen LogP contribution in [0.4, 0.5) is 10.8 Å². The van der Waals surface area contributed by atoms with Gasteiger partial charge in [-0.1, -0.05) is 22.9 Å². The van der Waals surface area contributed by atoms with Crippen molar-refractivity contribution in [3.05, 3.63) is 46.0 Å². The smallest absolute Gasteiger partial charge is 0.273 e. The molecule has 2 N–H and O–H groups in total. The van der Waals surface area contributed by atoms with Gasteiger partial charge in [0, 0.05) is 29.8 Å². The Bertz CT molecular complexity index is 1220. The van der Waals surface area contributed by atoms with E-state index in [4.69, 9.17) is 11.6 Å². The van der Waals surface area contributed by atoms with Crippen molar-refractivity contribution in [2.45, 2.75) is 39.3 Å². The molecule has 1 aliphatic heterocycles. The maximum absolute atomic E-state index is 13.0. The Hall–Kier alpha value is -2.98. The number of fused-ring (bicyclic) bond motifs is 1. The monoisotopic (exact) mass is 488 g/mol. The molecule has 9 nitrogen and oxygen atoms in total. The lowest BCUT2D eigenvalue weighted by Crippen LogP contribution is -2.44. The van der Waals surface area contributed by atoms with Crippen molar-refractivity contribution in [2.24, 2.45) is 5.92 Å². The Morgan fingerprint density at radius 3 is 2.76 bits per heavy atom. The molecule has 1 aromatic carbocycles. The van der Waals surface area contributed by atoms with Gasteiger partial charge in [0.05, 0.1) is 5.92 Å². The summed E-state index contributed by atoms with van der Waals surface area (Å²) >= 11 is 7.11. The molecule has 0 aliphatic carbocycles. The topological polar surface area (TPSA) is 109 Å². The van der Waals surface area contributed by atoms with Gasteiger partial charge >= 0.3 is 0 Å². The van der Waals surface area contributed by atoms with Crippen molar-refractivity contribution in [1.82, 2.24) is 19.9 Å². The van der Waals surface area contributed by atoms with Crippen molar-refractivity contribution in [3.8, 4) is 0 Å². The number of hydrogen-bond donors (Lipinski definition) is 2. The van der Waals surface area contributed by atoms with E-state index in [0.717, 1.165) is 19.4 Å². The number of nitrogens with one attached hydrogen (secondary N) is 2. The van der Waals surface area contributed by atoms with Gasteiger partial charge in [-0.3, -0.25) is 19.0 Å². The fourth-order valence-corrected chi connectivity index (χ4v) is 4.87. The van der Waals surface area contributed by atoms with Gasteiger partial charge < -0.3 is 15.5 Å². The molecule has 0 bridgehead atoms. The Morgan fingerprint density at radius 2 is 2.03 bits per heavy atom. The van der Waals surface area contributed by atoms with Gasteiger partial charge in [-0.2, -0.15) is 4.98 Å². The Balaban J connectivity index is 1.48. The molecule has 1 unspecified atom stereocenters. The highest BCUT2D eigenvalue weighted by Gasteiger charge is 2.28. The molecule has 1 aliphatic rings. The van der Waals surface area contributed by atoms with Crippen LogP contribution in [0, 0.1) is 5.92 Å². The molecule has 1 fully saturated rings. The second kappa shape index (κ2) is 9.88. The van der Waals surface area contributed by atoms with E-state index in [9.17, 15) is 14.4 Å². The molecule has 1 saturated heterocycles. The van der Waals surface area contributed by atoms with Crippen molar-refractivity contribution in [3.63, 3.8) is 0 Å². The van der Waals surface area contributed by atoms with E-state index in [1.165, 1.54) is 22.2 Å². The van der Waals surface area contributed by atoms with Gasteiger partial charge in [0.2, 0.25) is 11.8 Å². The van der Waals surface area contributed by atoms with Crippen molar-refractivity contribution in [1.29, 1.82) is 0 Å². The number of benzene rings is 1. The van der Waals surface area contributed by atoms with Crippen LogP contribution in [0.2, 0.25) is 5.02 Å². The summed E-state index contributed by atoms with van der Waals surface area (Å²) < 4.78 is 1.66. The summed E-state index contributed by atoms with van der Waals surface area (Å²) in [6.07, 6.45) is 3.03. The van der Waals surface area contributed by atoms with E-state index in [1.54, 1.807) is 24.3 Å². The summed E-state index contributed by atoms with van der Waals surface area (Å²) in [7, 11) is 0. The first kappa shape index (κ1) is 23.2. The van der Waals surface area contributed by atoms with Gasteiger partial charge in [-0.15, -0.1) is 0 Å². The Labute approximate surface area is 199 Å². The Morgan fingerprint density at radius 1 is 1.27 bits per heavy atom. The normalized spacial score (nSPS) is 16.2. The molecule has 0 radical (unpaired) electrons. The predicted molar refractivity (Wildman–Crippen MR) is 130 cm³/mol. The van der Waals surface area contributed by atoms with Crippen molar-refractivity contribution >= 4 is 55.9 Å². The zero-order chi connectivity index (χ0) is 23.5. The SMILES string of the molecule is CC(C)NC(=O)C1CCCN(c2nc3ncn(CC(=O)Nc4ccc(Cl)cc4)c(=O)c3s2)C1. The lowest BCUT2D eigenvalue weighted by Gasteiger charge is -2.32. The number of rotatable bonds is 6. The molecule has 3 heterocycles. The number of carbonyl (C=O) groups is 2. The van der Waals surface area contributed by atoms with Crippen LogP contribution >= 0.6 is 22.9 Å². The van der Waals surface area contributed by atoms with Crippen LogP contribution in [0.5, 0.6) is 0 Å². The first-order chi connectivity index (χ1) is 15.8. The maximum atomic E-state index is 13.0. The van der Waals surface area contributed by atoms with Crippen molar-refractivity contribution < 1.29 is 9.59 Å². The summed E-state index contributed by atoms with van der Waals surface area (Å²) in [6.45, 7) is 5.04. The molecular formula is C22H25ClN6O3S. The van der Waals surface area contributed by atoms with Gasteiger partial charge in [0.1, 0.15) is 17.6 Å². The van der Waals surface area contributed by atoms with E-state index in [1.807, 2.05) is 18.7 Å². The molecule has 174 valence electrons. The number of amides is 2. The average Bonchev–Trinajstić information content (AvgIpc) is 3.22. The third-order valence-electron chi connectivity index (χ3n) is 5.31. The maximum Gasteiger partial charge on any atom is 0.273 e. The number of thiazole rings is 1. The van der Waals surface area contributed by atoms with Crippen LogP contribution in [-0.2, 0) is 16.1 Å². The number of halogens is 1. The van der Waals surface area contributed by atoms with E-state index in [0.29, 0.717) is 32.7 Å². The number of piperidine rings is 1. The fourth-order valence-electron chi connectivity index (χ4n) is 3.74. The minimum Gasteiger partial charge on any atom is -0.354 e. The largest absolute Gasteiger partial charge is 0.354 e. The number of aromatic nitrogens is 3. The lowest BCUT2D eigenvalue weighted by atomic mass is 9.97. The van der Waals surface area contributed by atoms with Gasteiger partial charge in [-0.25, -0.2) is 4.98 Å². The molecule has 0 spiro atoms. The molecule has 3 aromatic rings. The fraction of sp³-hybridized carbons (Fsp3) is 0.409. The molecule has 33 heavy (non-hydrogen) atoms. The summed E-state index contributed by atoms with van der Waals surface area (Å²) in [6, 6.07) is 6.82. The summed E-state index contributed by atoms with van der Waals surface area (Å²) in [5, 5.41) is 6.94. The quantitative estimate of drug-likeness (QED) is 0.552. The highest BCUT2D eigenvalue weighted by molar-refractivity contribution is 7.22. The van der Waals surface area contributed by atoms with Crippen LogP contribution in [0.3, 0.4) is 0 Å².